The van der Waals surface area contributed by atoms with Crippen LogP contribution < -0.4 is 10.6 Å². The van der Waals surface area contributed by atoms with E-state index in [0.29, 0.717) is 49.9 Å². The first-order chi connectivity index (χ1) is 19.4. The highest BCUT2D eigenvalue weighted by molar-refractivity contribution is 5.99. The molecule has 222 valence electrons. The Balaban J connectivity index is 1.60. The largest absolute Gasteiger partial charge is 0.477 e. The number of ether oxygens (including phenoxy) is 1. The fourth-order valence-corrected chi connectivity index (χ4v) is 5.09. The summed E-state index contributed by atoms with van der Waals surface area (Å²) in [4.78, 5) is 50.5. The predicted octanol–water partition coefficient (Wildman–Crippen LogP) is 4.20. The molecule has 1 aliphatic heterocycles. The Bertz CT molecular complexity index is 1270. The van der Waals surface area contributed by atoms with Crippen molar-refractivity contribution in [2.24, 2.45) is 0 Å². The predicted molar refractivity (Wildman–Crippen MR) is 155 cm³/mol. The van der Waals surface area contributed by atoms with Gasteiger partial charge in [-0.25, -0.2) is 14.6 Å². The number of carboxylic acids is 1. The molecule has 1 saturated carbocycles. The zero-order chi connectivity index (χ0) is 29.9. The molecule has 0 aromatic carbocycles. The number of rotatable bonds is 9. The number of piperazine rings is 1. The molecule has 2 aromatic heterocycles. The number of hydrogen-bond acceptors (Lipinski definition) is 8. The molecule has 2 fully saturated rings. The molecule has 11 heteroatoms. The number of anilines is 1. The van der Waals surface area contributed by atoms with Gasteiger partial charge in [0.05, 0.1) is 17.4 Å². The quantitative estimate of drug-likeness (QED) is 0.408. The fraction of sp³-hybridized carbons (Fsp3) is 0.567. The maximum absolute atomic E-state index is 12.9. The molecule has 2 atom stereocenters. The second kappa shape index (κ2) is 12.4. The third-order valence-corrected chi connectivity index (χ3v) is 7.29. The summed E-state index contributed by atoms with van der Waals surface area (Å²) in [5.74, 6) is -1.07. The van der Waals surface area contributed by atoms with Gasteiger partial charge >= 0.3 is 12.1 Å². The van der Waals surface area contributed by atoms with Crippen molar-refractivity contribution in [2.45, 2.75) is 78.0 Å². The van der Waals surface area contributed by atoms with Gasteiger partial charge in [-0.1, -0.05) is 6.07 Å². The third-order valence-electron chi connectivity index (χ3n) is 7.29. The zero-order valence-electron chi connectivity index (χ0n) is 24.9. The number of hydrogen-bond donors (Lipinski definition) is 3. The molecule has 0 radical (unpaired) electrons. The second-order valence-electron chi connectivity index (χ2n) is 12.0. The van der Waals surface area contributed by atoms with Gasteiger partial charge in [-0.05, 0) is 83.6 Å². The maximum atomic E-state index is 12.9. The van der Waals surface area contributed by atoms with Crippen LogP contribution in [0.3, 0.4) is 0 Å². The normalized spacial score (nSPS) is 18.5. The first-order valence-corrected chi connectivity index (χ1v) is 14.3. The molecule has 1 saturated heterocycles. The van der Waals surface area contributed by atoms with E-state index >= 15 is 0 Å². The van der Waals surface area contributed by atoms with Crippen LogP contribution >= 0.6 is 0 Å². The van der Waals surface area contributed by atoms with E-state index in [1.54, 1.807) is 24.8 Å². The second-order valence-corrected chi connectivity index (χ2v) is 12.0. The van der Waals surface area contributed by atoms with E-state index in [1.807, 2.05) is 40.0 Å². The van der Waals surface area contributed by atoms with Crippen LogP contribution in [-0.4, -0.2) is 87.2 Å². The van der Waals surface area contributed by atoms with Gasteiger partial charge in [-0.3, -0.25) is 14.7 Å². The van der Waals surface area contributed by atoms with Crippen LogP contribution in [0.5, 0.6) is 0 Å². The van der Waals surface area contributed by atoms with Crippen molar-refractivity contribution in [3.8, 4) is 0 Å². The average Bonchev–Trinajstić information content (AvgIpc) is 3.73. The lowest BCUT2D eigenvalue weighted by Crippen LogP contribution is -2.55. The molecule has 1 aliphatic carbocycles. The van der Waals surface area contributed by atoms with E-state index in [9.17, 15) is 19.5 Å². The molecule has 2 aromatic rings. The minimum absolute atomic E-state index is 0.0255. The molecule has 11 nitrogen and oxygen atoms in total. The fourth-order valence-electron chi connectivity index (χ4n) is 5.09. The standard InChI is InChI=1S/C30H42N6O5/c1-7-31-27(37)26-23(14-18(2)25(34-26)28(38)39)33-24(22-11-10-21(15-32-22)20-8-9-20)17-35-12-13-36(19(3)16-35)29(40)41-30(4,5)6/h10-11,14-15,19-20,24,33H,7-9,12-13,16-17H2,1-6H3,(H,31,37)(H,38,39)/t19-,24?/m1/s1. The van der Waals surface area contributed by atoms with Gasteiger partial charge in [0.2, 0.25) is 0 Å². The van der Waals surface area contributed by atoms with Crippen LogP contribution in [0.25, 0.3) is 0 Å². The van der Waals surface area contributed by atoms with Gasteiger partial charge in [0.15, 0.2) is 11.4 Å². The summed E-state index contributed by atoms with van der Waals surface area (Å²) >= 11 is 0. The summed E-state index contributed by atoms with van der Waals surface area (Å²) in [6.45, 7) is 13.8. The van der Waals surface area contributed by atoms with Crippen molar-refractivity contribution in [3.63, 3.8) is 0 Å². The lowest BCUT2D eigenvalue weighted by atomic mass is 10.1. The topological polar surface area (TPSA) is 137 Å². The summed E-state index contributed by atoms with van der Waals surface area (Å²) in [6.07, 6.45) is 3.97. The summed E-state index contributed by atoms with van der Waals surface area (Å²) in [5.41, 5.74) is 2.22. The number of aromatic nitrogens is 2. The molecule has 2 amide bonds. The van der Waals surface area contributed by atoms with Gasteiger partial charge in [0.25, 0.3) is 5.91 Å². The van der Waals surface area contributed by atoms with Crippen LogP contribution in [0.1, 0.15) is 97.2 Å². The van der Waals surface area contributed by atoms with Gasteiger partial charge in [0, 0.05) is 45.0 Å². The summed E-state index contributed by atoms with van der Waals surface area (Å²) in [7, 11) is 0. The number of pyridine rings is 2. The van der Waals surface area contributed by atoms with E-state index in [-0.39, 0.29) is 29.6 Å². The Morgan fingerprint density at radius 2 is 1.90 bits per heavy atom. The minimum atomic E-state index is -1.19. The number of aromatic carboxylic acids is 1. The molecule has 0 spiro atoms. The lowest BCUT2D eigenvalue weighted by molar-refractivity contribution is 0.00104. The zero-order valence-corrected chi connectivity index (χ0v) is 24.9. The molecular weight excluding hydrogens is 524 g/mol. The van der Waals surface area contributed by atoms with Gasteiger partial charge in [0.1, 0.15) is 5.60 Å². The van der Waals surface area contributed by atoms with Crippen molar-refractivity contribution in [3.05, 3.63) is 52.6 Å². The first-order valence-electron chi connectivity index (χ1n) is 14.3. The van der Waals surface area contributed by atoms with Crippen LogP contribution in [-0.2, 0) is 4.74 Å². The summed E-state index contributed by atoms with van der Waals surface area (Å²) < 4.78 is 5.60. The highest BCUT2D eigenvalue weighted by atomic mass is 16.6. The van der Waals surface area contributed by atoms with E-state index in [2.05, 4.69) is 26.6 Å². The van der Waals surface area contributed by atoms with Crippen molar-refractivity contribution < 1.29 is 24.2 Å². The Morgan fingerprint density at radius 1 is 1.17 bits per heavy atom. The molecule has 1 unspecified atom stereocenters. The number of aryl methyl sites for hydroxylation is 1. The average molecular weight is 567 g/mol. The summed E-state index contributed by atoms with van der Waals surface area (Å²) in [6, 6.07) is 5.40. The Morgan fingerprint density at radius 3 is 2.46 bits per heavy atom. The van der Waals surface area contributed by atoms with E-state index < -0.39 is 17.5 Å². The van der Waals surface area contributed by atoms with Gasteiger partial charge in [-0.2, -0.15) is 0 Å². The van der Waals surface area contributed by atoms with Crippen LogP contribution in [0.4, 0.5) is 10.5 Å². The smallest absolute Gasteiger partial charge is 0.410 e. The molecule has 3 heterocycles. The number of nitrogens with one attached hydrogen (secondary N) is 2. The molecule has 3 N–H and O–H groups in total. The van der Waals surface area contributed by atoms with Crippen LogP contribution in [0.15, 0.2) is 24.4 Å². The number of carboxylic acid groups (broad SMARTS) is 1. The Kier molecular flexibility index (Phi) is 9.16. The third kappa shape index (κ3) is 7.72. The molecule has 0 bridgehead atoms. The Hall–Kier alpha value is -3.73. The van der Waals surface area contributed by atoms with Crippen molar-refractivity contribution in [2.75, 3.05) is 38.0 Å². The van der Waals surface area contributed by atoms with Crippen LogP contribution in [0.2, 0.25) is 0 Å². The number of carbonyl (C=O) groups is 3. The maximum Gasteiger partial charge on any atom is 0.410 e. The van der Waals surface area contributed by atoms with Gasteiger partial charge < -0.3 is 25.4 Å². The number of amides is 2. The number of nitrogens with zero attached hydrogens (tertiary/aromatic N) is 4. The van der Waals surface area contributed by atoms with Crippen molar-refractivity contribution in [1.29, 1.82) is 0 Å². The highest BCUT2D eigenvalue weighted by Crippen LogP contribution is 2.40. The highest BCUT2D eigenvalue weighted by Gasteiger charge is 2.33. The lowest BCUT2D eigenvalue weighted by Gasteiger charge is -2.41. The van der Waals surface area contributed by atoms with E-state index in [4.69, 9.17) is 9.72 Å². The van der Waals surface area contributed by atoms with Crippen molar-refractivity contribution in [1.82, 2.24) is 25.1 Å². The minimum Gasteiger partial charge on any atom is -0.477 e. The SMILES string of the molecule is CCNC(=O)c1nc(C(=O)O)c(C)cc1NC(CN1CCN(C(=O)OC(C)(C)C)[C@H](C)C1)c1ccc(C2CC2)cn1. The molecular formula is C30H42N6O5. The van der Waals surface area contributed by atoms with E-state index in [0.717, 1.165) is 5.69 Å². The summed E-state index contributed by atoms with van der Waals surface area (Å²) in [5, 5.41) is 15.8. The molecule has 41 heavy (non-hydrogen) atoms. The Labute approximate surface area is 241 Å². The molecule has 4 rings (SSSR count). The van der Waals surface area contributed by atoms with E-state index in [1.165, 1.54) is 18.4 Å². The molecule has 2 aliphatic rings. The van der Waals surface area contributed by atoms with Crippen LogP contribution in [0, 0.1) is 6.92 Å². The van der Waals surface area contributed by atoms with Crippen molar-refractivity contribution >= 4 is 23.7 Å². The number of carbonyl (C=O) groups excluding carboxylic acids is 2. The van der Waals surface area contributed by atoms with Gasteiger partial charge in [-0.15, -0.1) is 0 Å². The monoisotopic (exact) mass is 566 g/mol. The first kappa shape index (κ1) is 30.2.